The van der Waals surface area contributed by atoms with Gasteiger partial charge in [-0.1, -0.05) is 32.0 Å². The van der Waals surface area contributed by atoms with Gasteiger partial charge in [-0.15, -0.1) is 0 Å². The normalized spacial score (nSPS) is 11.2. The van der Waals surface area contributed by atoms with Gasteiger partial charge in [0.25, 0.3) is 0 Å². The average molecular weight is 401 g/mol. The van der Waals surface area contributed by atoms with E-state index in [-0.39, 0.29) is 0 Å². The number of nitrogens with zero attached hydrogens (tertiary/aromatic N) is 2. The number of halogens is 1. The molecule has 0 N–H and O–H groups in total. The molecule has 0 aliphatic rings. The quantitative estimate of drug-likeness (QED) is 0.554. The molecule has 0 aliphatic heterocycles. The molecule has 0 fully saturated rings. The van der Waals surface area contributed by atoms with Gasteiger partial charge in [-0.3, -0.25) is 0 Å². The van der Waals surface area contributed by atoms with Gasteiger partial charge in [0.2, 0.25) is 0 Å². The maximum absolute atomic E-state index is 10.9. The Labute approximate surface area is 156 Å². The Bertz CT molecular complexity index is 915. The van der Waals surface area contributed by atoms with Gasteiger partial charge < -0.3 is 14.1 Å². The van der Waals surface area contributed by atoms with E-state index in [4.69, 9.17) is 9.72 Å². The summed E-state index contributed by atoms with van der Waals surface area (Å²) in [5.41, 5.74) is 3.92. The van der Waals surface area contributed by atoms with Crippen molar-refractivity contribution in [2.45, 2.75) is 26.8 Å². The van der Waals surface area contributed by atoms with Crippen molar-refractivity contribution in [2.75, 3.05) is 7.11 Å². The fraction of sp³-hybridized carbons (Fsp3) is 0.300. The Morgan fingerprint density at radius 1 is 1.28 bits per heavy atom. The molecular weight excluding hydrogens is 380 g/mol. The number of carbonyl (C=O) groups excluding carboxylic acids is 1. The number of aromatic nitrogens is 2. The average Bonchev–Trinajstić information content (AvgIpc) is 2.96. The Hall–Kier alpha value is -2.14. The zero-order valence-corrected chi connectivity index (χ0v) is 16.2. The summed E-state index contributed by atoms with van der Waals surface area (Å²) in [4.78, 5) is 15.8. The summed E-state index contributed by atoms with van der Waals surface area (Å²) < 4.78 is 8.49. The number of benzene rings is 2. The molecule has 25 heavy (non-hydrogen) atoms. The first-order valence-corrected chi connectivity index (χ1v) is 9.10. The van der Waals surface area contributed by atoms with Gasteiger partial charge in [-0.25, -0.2) is 4.98 Å². The van der Waals surface area contributed by atoms with Crippen molar-refractivity contribution in [1.29, 1.82) is 0 Å². The number of hydrogen-bond acceptors (Lipinski definition) is 3. The lowest BCUT2D eigenvalue weighted by atomic mass is 10.1. The highest BCUT2D eigenvalue weighted by atomic mass is 79.9. The second kappa shape index (κ2) is 7.40. The first-order chi connectivity index (χ1) is 12.0. The largest absolute Gasteiger partial charge is 0.497 e. The van der Waals surface area contributed by atoms with Crippen LogP contribution < -0.4 is 4.74 Å². The third-order valence-corrected chi connectivity index (χ3v) is 5.00. The predicted octanol–water partition coefficient (Wildman–Crippen LogP) is 4.87. The van der Waals surface area contributed by atoms with Gasteiger partial charge >= 0.3 is 0 Å². The van der Waals surface area contributed by atoms with E-state index in [0.717, 1.165) is 51.0 Å². The van der Waals surface area contributed by atoms with Gasteiger partial charge in [0.05, 0.1) is 12.6 Å². The maximum Gasteiger partial charge on any atom is 0.141 e. The minimum atomic E-state index is 0.377. The molecular formula is C20H21BrN2O2. The number of hydrogen-bond donors (Lipinski definition) is 0. The molecule has 0 spiro atoms. The van der Waals surface area contributed by atoms with Crippen LogP contribution in [0.1, 0.15) is 19.4 Å². The third kappa shape index (κ3) is 3.47. The van der Waals surface area contributed by atoms with Crippen LogP contribution in [0.25, 0.3) is 22.4 Å². The number of methoxy groups -OCH3 is 1. The Balaban J connectivity index is 2.25. The van der Waals surface area contributed by atoms with Crippen molar-refractivity contribution in [3.8, 4) is 17.1 Å². The molecule has 2 aromatic carbocycles. The molecule has 130 valence electrons. The molecule has 0 radical (unpaired) electrons. The molecule has 3 rings (SSSR count). The molecule has 3 aromatic rings. The number of rotatable bonds is 6. The van der Waals surface area contributed by atoms with Gasteiger partial charge in [-0.05, 0) is 45.6 Å². The van der Waals surface area contributed by atoms with Crippen LogP contribution in [-0.2, 0) is 17.8 Å². The van der Waals surface area contributed by atoms with Crippen LogP contribution in [0.4, 0.5) is 0 Å². The van der Waals surface area contributed by atoms with Crippen LogP contribution in [0.2, 0.25) is 0 Å². The van der Waals surface area contributed by atoms with E-state index < -0.39 is 0 Å². The lowest BCUT2D eigenvalue weighted by molar-refractivity contribution is -0.107. The summed E-state index contributed by atoms with van der Waals surface area (Å²) in [5, 5.41) is 0. The van der Waals surface area contributed by atoms with E-state index in [0.29, 0.717) is 12.3 Å². The summed E-state index contributed by atoms with van der Waals surface area (Å²) in [6.45, 7) is 5.25. The Morgan fingerprint density at radius 3 is 2.76 bits per heavy atom. The van der Waals surface area contributed by atoms with Crippen molar-refractivity contribution in [3.63, 3.8) is 0 Å². The highest BCUT2D eigenvalue weighted by molar-refractivity contribution is 9.10. The van der Waals surface area contributed by atoms with Crippen molar-refractivity contribution in [3.05, 3.63) is 46.4 Å². The second-order valence-electron chi connectivity index (χ2n) is 6.45. The lowest BCUT2D eigenvalue weighted by Gasteiger charge is -2.12. The summed E-state index contributed by atoms with van der Waals surface area (Å²) >= 11 is 3.64. The summed E-state index contributed by atoms with van der Waals surface area (Å²) in [6.07, 6.45) is 1.29. The summed E-state index contributed by atoms with van der Waals surface area (Å²) in [7, 11) is 1.67. The summed E-state index contributed by atoms with van der Waals surface area (Å²) in [6, 6.07) is 12.0. The molecule has 4 nitrogen and oxygen atoms in total. The Kier molecular flexibility index (Phi) is 5.23. The first kappa shape index (κ1) is 17.7. The molecule has 1 aromatic heterocycles. The van der Waals surface area contributed by atoms with Crippen molar-refractivity contribution in [1.82, 2.24) is 9.55 Å². The van der Waals surface area contributed by atoms with E-state index in [1.807, 2.05) is 30.3 Å². The number of ether oxygens (including phenoxy) is 1. The molecule has 0 aliphatic carbocycles. The van der Waals surface area contributed by atoms with Gasteiger partial charge in [0.1, 0.15) is 23.4 Å². The highest BCUT2D eigenvalue weighted by Crippen LogP contribution is 2.33. The minimum Gasteiger partial charge on any atom is -0.497 e. The molecule has 0 saturated carbocycles. The van der Waals surface area contributed by atoms with Crippen LogP contribution in [0.3, 0.4) is 0 Å². The van der Waals surface area contributed by atoms with Gasteiger partial charge in [-0.2, -0.15) is 0 Å². The zero-order valence-electron chi connectivity index (χ0n) is 14.6. The number of carbonyl (C=O) groups is 1. The fourth-order valence-corrected chi connectivity index (χ4v) is 3.57. The van der Waals surface area contributed by atoms with E-state index >= 15 is 0 Å². The SMILES string of the molecule is COc1cccc(-c2nc3c(Br)c(CC=O)ccc3n2CC(C)C)c1. The van der Waals surface area contributed by atoms with Crippen LogP contribution in [0.15, 0.2) is 40.9 Å². The third-order valence-electron chi connectivity index (χ3n) is 4.12. The van der Waals surface area contributed by atoms with Gasteiger partial charge in [0.15, 0.2) is 0 Å². The van der Waals surface area contributed by atoms with Crippen molar-refractivity contribution < 1.29 is 9.53 Å². The molecule has 0 saturated heterocycles. The monoisotopic (exact) mass is 400 g/mol. The first-order valence-electron chi connectivity index (χ1n) is 8.30. The molecule has 0 unspecified atom stereocenters. The number of imidazole rings is 1. The van der Waals surface area contributed by atoms with Crippen LogP contribution in [0.5, 0.6) is 5.75 Å². The number of aldehydes is 1. The molecule has 0 atom stereocenters. The molecule has 5 heteroatoms. The Morgan fingerprint density at radius 2 is 2.08 bits per heavy atom. The fourth-order valence-electron chi connectivity index (χ4n) is 2.98. The van der Waals surface area contributed by atoms with Crippen molar-refractivity contribution in [2.24, 2.45) is 5.92 Å². The molecule has 0 amide bonds. The minimum absolute atomic E-state index is 0.377. The van der Waals surface area contributed by atoms with Crippen LogP contribution in [0, 0.1) is 5.92 Å². The standard InChI is InChI=1S/C20H21BrN2O2/c1-13(2)12-23-17-8-7-14(9-10-24)18(21)19(17)22-20(23)15-5-4-6-16(11-15)25-3/h4-8,10-11,13H,9,12H2,1-3H3. The predicted molar refractivity (Wildman–Crippen MR) is 104 cm³/mol. The van der Waals surface area contributed by atoms with Crippen LogP contribution in [-0.4, -0.2) is 22.9 Å². The van der Waals surface area contributed by atoms with E-state index in [1.165, 1.54) is 0 Å². The van der Waals surface area contributed by atoms with Crippen LogP contribution >= 0.6 is 15.9 Å². The van der Waals surface area contributed by atoms with Gasteiger partial charge in [0, 0.05) is 23.0 Å². The molecule has 1 heterocycles. The van der Waals surface area contributed by atoms with E-state index in [1.54, 1.807) is 7.11 Å². The maximum atomic E-state index is 10.9. The van der Waals surface area contributed by atoms with E-state index in [9.17, 15) is 4.79 Å². The number of fused-ring (bicyclic) bond motifs is 1. The highest BCUT2D eigenvalue weighted by Gasteiger charge is 2.17. The smallest absolute Gasteiger partial charge is 0.141 e. The molecule has 0 bridgehead atoms. The lowest BCUT2D eigenvalue weighted by Crippen LogP contribution is -2.06. The zero-order chi connectivity index (χ0) is 18.0. The van der Waals surface area contributed by atoms with Crippen molar-refractivity contribution >= 4 is 33.2 Å². The van der Waals surface area contributed by atoms with E-state index in [2.05, 4.69) is 40.4 Å². The summed E-state index contributed by atoms with van der Waals surface area (Å²) in [5.74, 6) is 2.20. The topological polar surface area (TPSA) is 44.1 Å². The second-order valence-corrected chi connectivity index (χ2v) is 7.24.